The molecule has 31 heavy (non-hydrogen) atoms. The second-order valence-electron chi connectivity index (χ2n) is 15.5. The SMILES string of the molecule is C[C@@H]1[C@H](O)CC[C@@H]2[C@]1(C)CC[C@H]1[C@]2(C)CC[C@@]2(C)[C@@H]3CC(C)(C)CC[C@@]3(C)CC[C@@]12C. The van der Waals surface area contributed by atoms with Gasteiger partial charge in [0, 0.05) is 0 Å². The van der Waals surface area contributed by atoms with Gasteiger partial charge in [0.25, 0.3) is 0 Å². The van der Waals surface area contributed by atoms with Gasteiger partial charge in [-0.3, -0.25) is 0 Å². The number of hydrogen-bond acceptors (Lipinski definition) is 1. The van der Waals surface area contributed by atoms with Gasteiger partial charge in [-0.05, 0) is 127 Å². The first kappa shape index (κ1) is 22.7. The number of fused-ring (bicyclic) bond motifs is 7. The van der Waals surface area contributed by atoms with Crippen molar-refractivity contribution in [1.29, 1.82) is 0 Å². The lowest BCUT2D eigenvalue weighted by Crippen LogP contribution is -2.67. The Balaban J connectivity index is 1.54. The minimum atomic E-state index is -0.0781. The van der Waals surface area contributed by atoms with E-state index in [2.05, 4.69) is 55.4 Å². The third kappa shape index (κ3) is 2.77. The summed E-state index contributed by atoms with van der Waals surface area (Å²) < 4.78 is 0. The average Bonchev–Trinajstić information content (AvgIpc) is 2.69. The molecule has 10 atom stereocenters. The highest BCUT2D eigenvalue weighted by atomic mass is 16.3. The standard InChI is InChI=1S/C30H52O/c1-20-21(31)9-10-22-27(20,5)12-11-23-28(22,6)16-18-30(8)24-19-25(2,3)13-14-26(24,4)15-17-29(23,30)7/h20-24,31H,9-19H2,1-8H3/t20-,21-,22-,23+,24-,26+,27-,28-,29+,30+/m1/s1. The summed E-state index contributed by atoms with van der Waals surface area (Å²) in [4.78, 5) is 0. The maximum absolute atomic E-state index is 10.7. The number of aliphatic hydroxyl groups excluding tert-OH is 1. The molecule has 1 heteroatoms. The van der Waals surface area contributed by atoms with Gasteiger partial charge >= 0.3 is 0 Å². The Bertz CT molecular complexity index is 741. The van der Waals surface area contributed by atoms with Gasteiger partial charge in [0.05, 0.1) is 6.10 Å². The average molecular weight is 429 g/mol. The third-order valence-electron chi connectivity index (χ3n) is 13.9. The highest BCUT2D eigenvalue weighted by Crippen LogP contribution is 2.78. The molecule has 0 heterocycles. The van der Waals surface area contributed by atoms with Gasteiger partial charge in [-0.15, -0.1) is 0 Å². The summed E-state index contributed by atoms with van der Waals surface area (Å²) in [5.41, 5.74) is 2.88. The summed E-state index contributed by atoms with van der Waals surface area (Å²) in [6.45, 7) is 20.9. The van der Waals surface area contributed by atoms with Gasteiger partial charge in [-0.1, -0.05) is 55.4 Å². The van der Waals surface area contributed by atoms with Crippen LogP contribution in [0, 0.1) is 56.2 Å². The molecule has 178 valence electrons. The van der Waals surface area contributed by atoms with E-state index in [4.69, 9.17) is 0 Å². The molecule has 5 saturated carbocycles. The summed E-state index contributed by atoms with van der Waals surface area (Å²) in [5, 5.41) is 10.7. The molecule has 5 aliphatic rings. The van der Waals surface area contributed by atoms with Crippen LogP contribution in [0.1, 0.15) is 126 Å². The molecule has 0 bridgehead atoms. The Morgan fingerprint density at radius 3 is 1.90 bits per heavy atom. The molecule has 0 spiro atoms. The van der Waals surface area contributed by atoms with E-state index < -0.39 is 0 Å². The highest BCUT2D eigenvalue weighted by Gasteiger charge is 2.70. The van der Waals surface area contributed by atoms with Gasteiger partial charge in [0.15, 0.2) is 0 Å². The van der Waals surface area contributed by atoms with E-state index in [9.17, 15) is 5.11 Å². The summed E-state index contributed by atoms with van der Waals surface area (Å²) in [5.74, 6) is 3.02. The van der Waals surface area contributed by atoms with Gasteiger partial charge in [-0.2, -0.15) is 0 Å². The summed E-state index contributed by atoms with van der Waals surface area (Å²) >= 11 is 0. The molecule has 0 unspecified atom stereocenters. The highest BCUT2D eigenvalue weighted by molar-refractivity contribution is 5.19. The van der Waals surface area contributed by atoms with E-state index in [1.54, 1.807) is 0 Å². The molecule has 1 nitrogen and oxygen atoms in total. The molecule has 5 aliphatic carbocycles. The Kier molecular flexibility index (Phi) is 4.80. The zero-order valence-electron chi connectivity index (χ0n) is 22.1. The molecule has 5 fully saturated rings. The predicted molar refractivity (Wildman–Crippen MR) is 131 cm³/mol. The first-order valence-corrected chi connectivity index (χ1v) is 13.9. The quantitative estimate of drug-likeness (QED) is 0.412. The lowest BCUT2D eigenvalue weighted by Gasteiger charge is -2.75. The predicted octanol–water partition coefficient (Wildman–Crippen LogP) is 8.25. The zero-order valence-corrected chi connectivity index (χ0v) is 22.1. The summed E-state index contributed by atoms with van der Waals surface area (Å²) in [6.07, 6.45) is 15.1. The van der Waals surface area contributed by atoms with Crippen LogP contribution in [-0.4, -0.2) is 11.2 Å². The van der Waals surface area contributed by atoms with Crippen molar-refractivity contribution in [2.45, 2.75) is 132 Å². The minimum Gasteiger partial charge on any atom is -0.393 e. The fraction of sp³-hybridized carbons (Fsp3) is 1.00. The second kappa shape index (κ2) is 6.55. The van der Waals surface area contributed by atoms with Crippen molar-refractivity contribution in [2.24, 2.45) is 56.2 Å². The molecule has 0 amide bonds. The van der Waals surface area contributed by atoms with E-state index in [0.717, 1.165) is 24.2 Å². The van der Waals surface area contributed by atoms with Crippen molar-refractivity contribution >= 4 is 0 Å². The van der Waals surface area contributed by atoms with Crippen LogP contribution >= 0.6 is 0 Å². The lowest BCUT2D eigenvalue weighted by molar-refractivity contribution is -0.263. The molecular weight excluding hydrogens is 376 g/mol. The Morgan fingerprint density at radius 2 is 1.19 bits per heavy atom. The molecule has 5 rings (SSSR count). The van der Waals surface area contributed by atoms with Crippen molar-refractivity contribution in [2.75, 3.05) is 0 Å². The number of aliphatic hydroxyl groups is 1. The van der Waals surface area contributed by atoms with E-state index in [1.165, 1.54) is 64.2 Å². The number of hydrogen-bond donors (Lipinski definition) is 1. The van der Waals surface area contributed by atoms with Crippen LogP contribution in [0.15, 0.2) is 0 Å². The largest absolute Gasteiger partial charge is 0.393 e. The van der Waals surface area contributed by atoms with Crippen LogP contribution in [0.5, 0.6) is 0 Å². The topological polar surface area (TPSA) is 20.2 Å². The third-order valence-corrected chi connectivity index (χ3v) is 13.9. The maximum atomic E-state index is 10.7. The normalized spacial score (nSPS) is 60.9. The molecule has 0 aromatic rings. The monoisotopic (exact) mass is 428 g/mol. The van der Waals surface area contributed by atoms with Gasteiger partial charge in [0.2, 0.25) is 0 Å². The van der Waals surface area contributed by atoms with Crippen molar-refractivity contribution in [3.63, 3.8) is 0 Å². The van der Waals surface area contributed by atoms with E-state index in [-0.39, 0.29) is 6.10 Å². The number of rotatable bonds is 0. The van der Waals surface area contributed by atoms with Crippen LogP contribution in [0.4, 0.5) is 0 Å². The van der Waals surface area contributed by atoms with Crippen molar-refractivity contribution < 1.29 is 5.11 Å². The van der Waals surface area contributed by atoms with Gasteiger partial charge < -0.3 is 5.11 Å². The fourth-order valence-electron chi connectivity index (χ4n) is 11.4. The molecule has 0 aromatic heterocycles. The maximum Gasteiger partial charge on any atom is 0.0571 e. The van der Waals surface area contributed by atoms with Crippen molar-refractivity contribution in [3.05, 3.63) is 0 Å². The molecule has 0 aliphatic heterocycles. The molecule has 0 saturated heterocycles. The Labute approximate surface area is 193 Å². The zero-order chi connectivity index (χ0) is 22.7. The smallest absolute Gasteiger partial charge is 0.0571 e. The molecule has 0 aromatic carbocycles. The van der Waals surface area contributed by atoms with Crippen molar-refractivity contribution in [1.82, 2.24) is 0 Å². The van der Waals surface area contributed by atoms with Gasteiger partial charge in [-0.25, -0.2) is 0 Å². The van der Waals surface area contributed by atoms with E-state index in [0.29, 0.717) is 38.4 Å². The first-order valence-electron chi connectivity index (χ1n) is 13.9. The van der Waals surface area contributed by atoms with Gasteiger partial charge in [0.1, 0.15) is 0 Å². The van der Waals surface area contributed by atoms with Crippen LogP contribution in [0.2, 0.25) is 0 Å². The van der Waals surface area contributed by atoms with Crippen LogP contribution in [0.25, 0.3) is 0 Å². The Morgan fingerprint density at radius 1 is 0.581 bits per heavy atom. The molecular formula is C30H52O. The van der Waals surface area contributed by atoms with E-state index in [1.807, 2.05) is 0 Å². The summed E-state index contributed by atoms with van der Waals surface area (Å²) in [6, 6.07) is 0. The van der Waals surface area contributed by atoms with Crippen LogP contribution in [-0.2, 0) is 0 Å². The van der Waals surface area contributed by atoms with E-state index >= 15 is 0 Å². The minimum absolute atomic E-state index is 0.0781. The van der Waals surface area contributed by atoms with Crippen LogP contribution < -0.4 is 0 Å². The molecule has 0 radical (unpaired) electrons. The molecule has 1 N–H and O–H groups in total. The summed E-state index contributed by atoms with van der Waals surface area (Å²) in [7, 11) is 0. The second-order valence-corrected chi connectivity index (χ2v) is 15.5. The van der Waals surface area contributed by atoms with Crippen molar-refractivity contribution in [3.8, 4) is 0 Å². The lowest BCUT2D eigenvalue weighted by atomic mass is 9.30. The van der Waals surface area contributed by atoms with Crippen LogP contribution in [0.3, 0.4) is 0 Å². The first-order chi connectivity index (χ1) is 14.2. The Hall–Kier alpha value is -0.0400. The fourth-order valence-corrected chi connectivity index (χ4v) is 11.4.